The van der Waals surface area contributed by atoms with Gasteiger partial charge >= 0.3 is 0 Å². The largest absolute Gasteiger partial charge is 0.506 e. The maximum Gasteiger partial charge on any atom is 0.142 e. The minimum Gasteiger partial charge on any atom is -0.506 e. The second-order valence-corrected chi connectivity index (χ2v) is 4.67. The Hall–Kier alpha value is -1.46. The van der Waals surface area contributed by atoms with Gasteiger partial charge in [0.25, 0.3) is 0 Å². The Bertz CT molecular complexity index is 425. The summed E-state index contributed by atoms with van der Waals surface area (Å²) >= 11 is 0. The summed E-state index contributed by atoms with van der Waals surface area (Å²) in [4.78, 5) is 13.0. The molecule has 0 aromatic carbocycles. The lowest BCUT2D eigenvalue weighted by Gasteiger charge is -2.32. The molecule has 1 aliphatic heterocycles. The van der Waals surface area contributed by atoms with Crippen LogP contribution in [0.3, 0.4) is 0 Å². The van der Waals surface area contributed by atoms with Gasteiger partial charge in [0, 0.05) is 39.8 Å². The van der Waals surface area contributed by atoms with Crippen LogP contribution in [-0.4, -0.2) is 66.4 Å². The van der Waals surface area contributed by atoms with Crippen LogP contribution in [0.2, 0.25) is 0 Å². The molecule has 1 fully saturated rings. The molecule has 0 bridgehead atoms. The fourth-order valence-electron chi connectivity index (χ4n) is 2.05. The lowest BCUT2D eigenvalue weighted by Crippen LogP contribution is -2.44. The van der Waals surface area contributed by atoms with Crippen molar-refractivity contribution in [1.29, 1.82) is 0 Å². The Morgan fingerprint density at radius 3 is 2.72 bits per heavy atom. The first-order valence-corrected chi connectivity index (χ1v) is 6.21. The van der Waals surface area contributed by atoms with E-state index in [4.69, 9.17) is 0 Å². The van der Waals surface area contributed by atoms with Crippen molar-refractivity contribution in [2.45, 2.75) is 6.54 Å². The normalized spacial score (nSPS) is 18.6. The zero-order valence-corrected chi connectivity index (χ0v) is 11.0. The maximum absolute atomic E-state index is 9.63. The average molecular weight is 248 g/mol. The standard InChI is InChI=1S/C13H20N4O/c1-14-9-12-13(18)4-3-11(15-12)10-17-7-5-16(2)6-8-17/h3-4,9,18H,5-8,10H2,1-2H3. The van der Waals surface area contributed by atoms with Gasteiger partial charge in [0.15, 0.2) is 0 Å². The Balaban J connectivity index is 2.03. The van der Waals surface area contributed by atoms with Crippen molar-refractivity contribution in [3.63, 3.8) is 0 Å². The van der Waals surface area contributed by atoms with Gasteiger partial charge in [-0.15, -0.1) is 0 Å². The average Bonchev–Trinajstić information content (AvgIpc) is 2.37. The molecule has 98 valence electrons. The summed E-state index contributed by atoms with van der Waals surface area (Å²) in [7, 11) is 3.82. The first-order valence-electron chi connectivity index (χ1n) is 6.21. The summed E-state index contributed by atoms with van der Waals surface area (Å²) in [6, 6.07) is 3.57. The summed E-state index contributed by atoms with van der Waals surface area (Å²) in [5, 5.41) is 9.63. The van der Waals surface area contributed by atoms with E-state index in [1.165, 1.54) is 0 Å². The molecule has 0 aliphatic carbocycles. The molecule has 2 rings (SSSR count). The van der Waals surface area contributed by atoms with E-state index < -0.39 is 0 Å². The number of rotatable bonds is 3. The highest BCUT2D eigenvalue weighted by Crippen LogP contribution is 2.14. The van der Waals surface area contributed by atoms with Crippen molar-refractivity contribution in [2.24, 2.45) is 4.99 Å². The van der Waals surface area contributed by atoms with Crippen LogP contribution in [-0.2, 0) is 6.54 Å². The second kappa shape index (κ2) is 5.93. The Labute approximate surface area is 108 Å². The van der Waals surface area contributed by atoms with E-state index in [-0.39, 0.29) is 5.75 Å². The first kappa shape index (κ1) is 13.0. The van der Waals surface area contributed by atoms with Crippen LogP contribution < -0.4 is 0 Å². The Kier molecular flexibility index (Phi) is 4.28. The van der Waals surface area contributed by atoms with Crippen LogP contribution in [0.5, 0.6) is 5.75 Å². The van der Waals surface area contributed by atoms with Crippen LogP contribution in [0.15, 0.2) is 17.1 Å². The smallest absolute Gasteiger partial charge is 0.142 e. The zero-order valence-electron chi connectivity index (χ0n) is 11.0. The molecule has 5 nitrogen and oxygen atoms in total. The molecule has 0 spiro atoms. The molecule has 1 aromatic rings. The van der Waals surface area contributed by atoms with E-state index in [1.807, 2.05) is 6.07 Å². The lowest BCUT2D eigenvalue weighted by atomic mass is 10.2. The molecule has 1 aromatic heterocycles. The molecule has 5 heteroatoms. The van der Waals surface area contributed by atoms with Crippen molar-refractivity contribution < 1.29 is 5.11 Å². The van der Waals surface area contributed by atoms with Crippen LogP contribution in [0.1, 0.15) is 11.4 Å². The van der Waals surface area contributed by atoms with E-state index in [9.17, 15) is 5.11 Å². The maximum atomic E-state index is 9.63. The highest BCUT2D eigenvalue weighted by atomic mass is 16.3. The van der Waals surface area contributed by atoms with Crippen molar-refractivity contribution >= 4 is 6.21 Å². The molecule has 0 unspecified atom stereocenters. The highest BCUT2D eigenvalue weighted by Gasteiger charge is 2.14. The molecule has 0 atom stereocenters. The number of likely N-dealkylation sites (N-methyl/N-ethyl adjacent to an activating group) is 1. The van der Waals surface area contributed by atoms with Gasteiger partial charge in [-0.1, -0.05) is 0 Å². The van der Waals surface area contributed by atoms with Crippen LogP contribution in [0.25, 0.3) is 0 Å². The van der Waals surface area contributed by atoms with E-state index in [0.29, 0.717) is 5.69 Å². The highest BCUT2D eigenvalue weighted by molar-refractivity contribution is 5.80. The fourth-order valence-corrected chi connectivity index (χ4v) is 2.05. The minimum atomic E-state index is 0.183. The van der Waals surface area contributed by atoms with Crippen molar-refractivity contribution in [3.8, 4) is 5.75 Å². The van der Waals surface area contributed by atoms with Gasteiger partial charge < -0.3 is 10.0 Å². The number of hydrogen-bond acceptors (Lipinski definition) is 5. The third-order valence-electron chi connectivity index (χ3n) is 3.19. The Morgan fingerprint density at radius 1 is 1.33 bits per heavy atom. The predicted octanol–water partition coefficient (Wildman–Crippen LogP) is 0.583. The van der Waals surface area contributed by atoms with Crippen LogP contribution in [0.4, 0.5) is 0 Å². The third kappa shape index (κ3) is 3.27. The van der Waals surface area contributed by atoms with E-state index in [1.54, 1.807) is 19.3 Å². The second-order valence-electron chi connectivity index (χ2n) is 4.67. The Morgan fingerprint density at radius 2 is 2.06 bits per heavy atom. The lowest BCUT2D eigenvalue weighted by molar-refractivity contribution is 0.147. The third-order valence-corrected chi connectivity index (χ3v) is 3.19. The number of pyridine rings is 1. The van der Waals surface area contributed by atoms with Crippen LogP contribution >= 0.6 is 0 Å². The van der Waals surface area contributed by atoms with Gasteiger partial charge in [0.2, 0.25) is 0 Å². The first-order chi connectivity index (χ1) is 8.69. The monoisotopic (exact) mass is 248 g/mol. The van der Waals surface area contributed by atoms with Gasteiger partial charge in [-0.05, 0) is 19.2 Å². The fraction of sp³-hybridized carbons (Fsp3) is 0.538. The van der Waals surface area contributed by atoms with Crippen molar-refractivity contribution in [3.05, 3.63) is 23.5 Å². The van der Waals surface area contributed by atoms with Crippen molar-refractivity contribution in [2.75, 3.05) is 40.3 Å². The molecule has 1 saturated heterocycles. The van der Waals surface area contributed by atoms with Gasteiger partial charge in [-0.25, -0.2) is 4.98 Å². The molecule has 0 saturated carbocycles. The predicted molar refractivity (Wildman–Crippen MR) is 72.2 cm³/mol. The SMILES string of the molecule is CN=Cc1nc(CN2CCN(C)CC2)ccc1O. The molecule has 18 heavy (non-hydrogen) atoms. The zero-order chi connectivity index (χ0) is 13.0. The summed E-state index contributed by atoms with van der Waals surface area (Å²) < 4.78 is 0. The summed E-state index contributed by atoms with van der Waals surface area (Å²) in [5.41, 5.74) is 1.52. The number of piperazine rings is 1. The topological polar surface area (TPSA) is 52.0 Å². The summed E-state index contributed by atoms with van der Waals surface area (Å²) in [6.07, 6.45) is 1.59. The summed E-state index contributed by atoms with van der Waals surface area (Å²) in [6.45, 7) is 5.16. The number of aliphatic imine (C=N–C) groups is 1. The van der Waals surface area contributed by atoms with E-state index in [0.717, 1.165) is 38.4 Å². The van der Waals surface area contributed by atoms with E-state index >= 15 is 0 Å². The quantitative estimate of drug-likeness (QED) is 0.795. The molecular weight excluding hydrogens is 228 g/mol. The number of aromatic nitrogens is 1. The van der Waals surface area contributed by atoms with Gasteiger partial charge in [-0.3, -0.25) is 9.89 Å². The molecule has 1 aliphatic rings. The molecule has 0 radical (unpaired) electrons. The molecular formula is C13H20N4O. The number of hydrogen-bond donors (Lipinski definition) is 1. The van der Waals surface area contributed by atoms with Gasteiger partial charge in [0.1, 0.15) is 11.4 Å². The molecule has 2 heterocycles. The number of nitrogens with zero attached hydrogens (tertiary/aromatic N) is 4. The summed E-state index contributed by atoms with van der Waals surface area (Å²) in [5.74, 6) is 0.183. The van der Waals surface area contributed by atoms with E-state index in [2.05, 4.69) is 26.8 Å². The van der Waals surface area contributed by atoms with Gasteiger partial charge in [0.05, 0.1) is 11.9 Å². The molecule has 0 amide bonds. The molecule has 1 N–H and O–H groups in total. The van der Waals surface area contributed by atoms with Gasteiger partial charge in [-0.2, -0.15) is 0 Å². The van der Waals surface area contributed by atoms with Crippen LogP contribution in [0, 0.1) is 0 Å². The number of aromatic hydroxyl groups is 1. The van der Waals surface area contributed by atoms with Crippen molar-refractivity contribution in [1.82, 2.24) is 14.8 Å². The minimum absolute atomic E-state index is 0.183.